The Kier molecular flexibility index (Phi) is 1.13. The second-order valence-corrected chi connectivity index (χ2v) is 2.73. The lowest BCUT2D eigenvalue weighted by atomic mass is 10.4. The molecule has 0 saturated heterocycles. The molecule has 1 fully saturated rings. The topological polar surface area (TPSA) is 67.6 Å². The minimum Gasteiger partial charge on any atom is -0.383 e. The molecule has 4 nitrogen and oxygen atoms in total. The van der Waals surface area contributed by atoms with Gasteiger partial charge in [-0.2, -0.15) is 10.4 Å². The predicted octanol–water partition coefficient (Wildman–Crippen LogP) is 0.672. The summed E-state index contributed by atoms with van der Waals surface area (Å²) in [5.74, 6) is 0.509. The SMILES string of the molecule is N#Cc1cnn(C2CC2)c1N. The zero-order valence-electron chi connectivity index (χ0n) is 5.99. The van der Waals surface area contributed by atoms with Gasteiger partial charge in [-0.1, -0.05) is 0 Å². The van der Waals surface area contributed by atoms with Crippen LogP contribution in [0.25, 0.3) is 0 Å². The van der Waals surface area contributed by atoms with Gasteiger partial charge in [0.25, 0.3) is 0 Å². The number of anilines is 1. The molecule has 0 atom stereocenters. The molecule has 0 aliphatic heterocycles. The first-order chi connectivity index (χ1) is 5.33. The van der Waals surface area contributed by atoms with E-state index in [1.54, 1.807) is 4.68 Å². The van der Waals surface area contributed by atoms with E-state index in [2.05, 4.69) is 5.10 Å². The summed E-state index contributed by atoms with van der Waals surface area (Å²) in [7, 11) is 0. The lowest BCUT2D eigenvalue weighted by Gasteiger charge is -1.98. The van der Waals surface area contributed by atoms with Crippen molar-refractivity contribution in [2.45, 2.75) is 18.9 Å². The normalized spacial score (nSPS) is 16.3. The monoisotopic (exact) mass is 148 g/mol. The van der Waals surface area contributed by atoms with Crippen LogP contribution in [0.4, 0.5) is 5.82 Å². The first-order valence-corrected chi connectivity index (χ1v) is 3.56. The van der Waals surface area contributed by atoms with Crippen LogP contribution in [0.1, 0.15) is 24.4 Å². The van der Waals surface area contributed by atoms with E-state index in [1.165, 1.54) is 6.20 Å². The molecule has 56 valence electrons. The number of nitriles is 1. The Hall–Kier alpha value is -1.50. The lowest BCUT2D eigenvalue weighted by molar-refractivity contribution is 0.651. The molecule has 0 bridgehead atoms. The molecule has 2 N–H and O–H groups in total. The van der Waals surface area contributed by atoms with Crippen molar-refractivity contribution in [3.63, 3.8) is 0 Å². The summed E-state index contributed by atoms with van der Waals surface area (Å²) in [6.07, 6.45) is 3.79. The van der Waals surface area contributed by atoms with Gasteiger partial charge in [-0.25, -0.2) is 4.68 Å². The maximum Gasteiger partial charge on any atom is 0.140 e. The quantitative estimate of drug-likeness (QED) is 0.636. The third-order valence-electron chi connectivity index (χ3n) is 1.85. The Balaban J connectivity index is 2.42. The predicted molar refractivity (Wildman–Crippen MR) is 39.6 cm³/mol. The molecule has 1 saturated carbocycles. The summed E-state index contributed by atoms with van der Waals surface area (Å²) in [6, 6.07) is 2.45. The highest BCUT2D eigenvalue weighted by Gasteiger charge is 2.26. The second-order valence-electron chi connectivity index (χ2n) is 2.73. The zero-order chi connectivity index (χ0) is 7.84. The van der Waals surface area contributed by atoms with Crippen LogP contribution in [0.2, 0.25) is 0 Å². The maximum atomic E-state index is 8.55. The van der Waals surface area contributed by atoms with Crippen LogP contribution in [-0.4, -0.2) is 9.78 Å². The van der Waals surface area contributed by atoms with Crippen LogP contribution < -0.4 is 5.73 Å². The second kappa shape index (κ2) is 1.99. The molecule has 2 rings (SSSR count). The molecule has 0 radical (unpaired) electrons. The van der Waals surface area contributed by atoms with Crippen LogP contribution >= 0.6 is 0 Å². The van der Waals surface area contributed by atoms with Gasteiger partial charge in [0.15, 0.2) is 0 Å². The number of rotatable bonds is 1. The highest BCUT2D eigenvalue weighted by Crippen LogP contribution is 2.36. The maximum absolute atomic E-state index is 8.55. The van der Waals surface area contributed by atoms with E-state index in [0.717, 1.165) is 12.8 Å². The Morgan fingerprint density at radius 2 is 2.45 bits per heavy atom. The van der Waals surface area contributed by atoms with Gasteiger partial charge in [0.05, 0.1) is 12.2 Å². The summed E-state index contributed by atoms with van der Waals surface area (Å²) in [4.78, 5) is 0. The average molecular weight is 148 g/mol. The van der Waals surface area contributed by atoms with E-state index in [0.29, 0.717) is 17.4 Å². The zero-order valence-corrected chi connectivity index (χ0v) is 5.99. The standard InChI is InChI=1S/C7H8N4/c8-3-5-4-10-11(7(5)9)6-1-2-6/h4,6H,1-2,9H2. The van der Waals surface area contributed by atoms with E-state index in [9.17, 15) is 0 Å². The Morgan fingerprint density at radius 1 is 1.73 bits per heavy atom. The van der Waals surface area contributed by atoms with Crippen molar-refractivity contribution in [1.29, 1.82) is 5.26 Å². The van der Waals surface area contributed by atoms with Crippen molar-refractivity contribution in [1.82, 2.24) is 9.78 Å². The number of nitrogens with two attached hydrogens (primary N) is 1. The molecule has 1 aliphatic rings. The van der Waals surface area contributed by atoms with Crippen molar-refractivity contribution >= 4 is 5.82 Å². The van der Waals surface area contributed by atoms with Gasteiger partial charge in [0, 0.05) is 0 Å². The van der Waals surface area contributed by atoms with Crippen LogP contribution in [0.3, 0.4) is 0 Å². The molecular formula is C7H8N4. The Labute approximate surface area is 64.2 Å². The molecule has 0 unspecified atom stereocenters. The Morgan fingerprint density at radius 3 is 2.91 bits per heavy atom. The number of hydrogen-bond acceptors (Lipinski definition) is 3. The molecule has 4 heteroatoms. The van der Waals surface area contributed by atoms with E-state index in [1.807, 2.05) is 6.07 Å². The van der Waals surface area contributed by atoms with Gasteiger partial charge >= 0.3 is 0 Å². The van der Waals surface area contributed by atoms with Crippen molar-refractivity contribution < 1.29 is 0 Å². The summed E-state index contributed by atoms with van der Waals surface area (Å²) in [6.45, 7) is 0. The molecule has 1 aromatic heterocycles. The number of nitrogens with zero attached hydrogens (tertiary/aromatic N) is 3. The van der Waals surface area contributed by atoms with E-state index in [4.69, 9.17) is 11.0 Å². The number of hydrogen-bond donors (Lipinski definition) is 1. The fourth-order valence-corrected chi connectivity index (χ4v) is 1.07. The molecule has 11 heavy (non-hydrogen) atoms. The summed E-state index contributed by atoms with van der Waals surface area (Å²) in [5.41, 5.74) is 6.12. The minimum absolute atomic E-state index is 0.456. The van der Waals surface area contributed by atoms with Crippen LogP contribution in [0, 0.1) is 11.3 Å². The Bertz CT molecular complexity index is 316. The van der Waals surface area contributed by atoms with E-state index >= 15 is 0 Å². The number of nitrogen functional groups attached to an aromatic ring is 1. The third-order valence-corrected chi connectivity index (χ3v) is 1.85. The fraction of sp³-hybridized carbons (Fsp3) is 0.429. The van der Waals surface area contributed by atoms with Crippen molar-refractivity contribution in [3.8, 4) is 6.07 Å². The smallest absolute Gasteiger partial charge is 0.140 e. The highest BCUT2D eigenvalue weighted by atomic mass is 15.3. The van der Waals surface area contributed by atoms with E-state index in [-0.39, 0.29) is 0 Å². The van der Waals surface area contributed by atoms with Gasteiger partial charge < -0.3 is 5.73 Å². The molecule has 0 aromatic carbocycles. The van der Waals surface area contributed by atoms with Gasteiger partial charge in [0.1, 0.15) is 17.5 Å². The highest BCUT2D eigenvalue weighted by molar-refractivity contribution is 5.47. The van der Waals surface area contributed by atoms with Gasteiger partial charge in [-0.3, -0.25) is 0 Å². The minimum atomic E-state index is 0.456. The van der Waals surface area contributed by atoms with Crippen LogP contribution in [0.15, 0.2) is 6.20 Å². The first kappa shape index (κ1) is 6.23. The molecular weight excluding hydrogens is 140 g/mol. The molecule has 1 aromatic rings. The molecule has 1 heterocycles. The third kappa shape index (κ3) is 0.855. The molecule has 0 amide bonds. The van der Waals surface area contributed by atoms with Crippen LogP contribution in [0.5, 0.6) is 0 Å². The molecule has 0 spiro atoms. The van der Waals surface area contributed by atoms with E-state index < -0.39 is 0 Å². The van der Waals surface area contributed by atoms with Gasteiger partial charge in [-0.15, -0.1) is 0 Å². The first-order valence-electron chi connectivity index (χ1n) is 3.56. The lowest BCUT2D eigenvalue weighted by Crippen LogP contribution is -2.02. The van der Waals surface area contributed by atoms with Gasteiger partial charge in [0.2, 0.25) is 0 Å². The fourth-order valence-electron chi connectivity index (χ4n) is 1.07. The summed E-state index contributed by atoms with van der Waals surface area (Å²) < 4.78 is 1.73. The van der Waals surface area contributed by atoms with Crippen molar-refractivity contribution in [2.75, 3.05) is 5.73 Å². The summed E-state index contributed by atoms with van der Waals surface area (Å²) in [5, 5.41) is 12.6. The largest absolute Gasteiger partial charge is 0.383 e. The van der Waals surface area contributed by atoms with Crippen molar-refractivity contribution in [3.05, 3.63) is 11.8 Å². The summed E-state index contributed by atoms with van der Waals surface area (Å²) >= 11 is 0. The average Bonchev–Trinajstić information content (AvgIpc) is 2.77. The number of aromatic nitrogens is 2. The van der Waals surface area contributed by atoms with Crippen molar-refractivity contribution in [2.24, 2.45) is 0 Å². The van der Waals surface area contributed by atoms with Crippen LogP contribution in [-0.2, 0) is 0 Å². The molecule has 1 aliphatic carbocycles. The van der Waals surface area contributed by atoms with Gasteiger partial charge in [-0.05, 0) is 12.8 Å².